The van der Waals surface area contributed by atoms with E-state index in [0.29, 0.717) is 12.1 Å². The lowest BCUT2D eigenvalue weighted by Crippen LogP contribution is -2.41. The van der Waals surface area contributed by atoms with Crippen LogP contribution in [0.25, 0.3) is 0 Å². The van der Waals surface area contributed by atoms with Crippen molar-refractivity contribution in [1.82, 2.24) is 5.32 Å². The van der Waals surface area contributed by atoms with Gasteiger partial charge < -0.3 is 15.3 Å². The summed E-state index contributed by atoms with van der Waals surface area (Å²) in [6, 6.07) is 25.8. The highest BCUT2D eigenvalue weighted by Gasteiger charge is 2.42. The Hall–Kier alpha value is -2.95. The number of hydrogen-bond acceptors (Lipinski definition) is 3. The second-order valence-electron chi connectivity index (χ2n) is 8.34. The Bertz CT molecular complexity index is 1050. The minimum Gasteiger partial charge on any atom is -0.387 e. The summed E-state index contributed by atoms with van der Waals surface area (Å²) in [6.07, 6.45) is 0.218. The second-order valence-corrected chi connectivity index (χ2v) is 8.34. The van der Waals surface area contributed by atoms with Crippen LogP contribution in [0.5, 0.6) is 0 Å². The fraction of sp³-hybridized carbons (Fsp3) is 0.269. The second kappa shape index (κ2) is 7.71. The van der Waals surface area contributed by atoms with Gasteiger partial charge in [-0.2, -0.15) is 0 Å². The lowest BCUT2D eigenvalue weighted by atomic mass is 9.79. The molecule has 4 heteroatoms. The number of benzene rings is 3. The van der Waals surface area contributed by atoms with E-state index >= 15 is 0 Å². The first-order valence-electron chi connectivity index (χ1n) is 10.6. The van der Waals surface area contributed by atoms with Gasteiger partial charge in [0, 0.05) is 35.8 Å². The Morgan fingerprint density at radius 2 is 1.70 bits per heavy atom. The van der Waals surface area contributed by atoms with Crippen LogP contribution in [0, 0.1) is 0 Å². The fourth-order valence-corrected chi connectivity index (χ4v) is 5.01. The zero-order valence-electron chi connectivity index (χ0n) is 17.0. The lowest BCUT2D eigenvalue weighted by molar-refractivity contribution is 0.0978. The Labute approximate surface area is 177 Å². The molecule has 0 saturated heterocycles. The van der Waals surface area contributed by atoms with E-state index in [1.54, 1.807) is 0 Å². The highest BCUT2D eigenvalue weighted by atomic mass is 16.3. The largest absolute Gasteiger partial charge is 0.387 e. The van der Waals surface area contributed by atoms with Gasteiger partial charge in [0.2, 0.25) is 0 Å². The summed E-state index contributed by atoms with van der Waals surface area (Å²) in [4.78, 5) is 15.1. The molecule has 5 rings (SSSR count). The Morgan fingerprint density at radius 3 is 2.43 bits per heavy atom. The van der Waals surface area contributed by atoms with Crippen molar-refractivity contribution in [1.29, 1.82) is 0 Å². The minimum absolute atomic E-state index is 0.0232. The molecule has 4 atom stereocenters. The third-order valence-electron chi connectivity index (χ3n) is 6.49. The highest BCUT2D eigenvalue weighted by Crippen LogP contribution is 2.48. The summed E-state index contributed by atoms with van der Waals surface area (Å²) >= 11 is 0. The van der Waals surface area contributed by atoms with E-state index in [2.05, 4.69) is 24.4 Å². The predicted molar refractivity (Wildman–Crippen MR) is 119 cm³/mol. The van der Waals surface area contributed by atoms with Crippen LogP contribution >= 0.6 is 0 Å². The maximum Gasteiger partial charge on any atom is 0.258 e. The van der Waals surface area contributed by atoms with Crippen LogP contribution in [0.3, 0.4) is 0 Å². The molecule has 30 heavy (non-hydrogen) atoms. The number of nitrogens with zero attached hydrogens (tertiary/aromatic N) is 1. The molecule has 1 aliphatic heterocycles. The molecule has 152 valence electrons. The van der Waals surface area contributed by atoms with E-state index in [0.717, 1.165) is 23.2 Å². The van der Waals surface area contributed by atoms with E-state index in [-0.39, 0.29) is 23.9 Å². The molecule has 0 fully saturated rings. The molecule has 0 saturated carbocycles. The van der Waals surface area contributed by atoms with Crippen molar-refractivity contribution in [3.63, 3.8) is 0 Å². The Balaban J connectivity index is 1.42. The van der Waals surface area contributed by atoms with Crippen LogP contribution in [-0.2, 0) is 0 Å². The van der Waals surface area contributed by atoms with Gasteiger partial charge in [-0.05, 0) is 48.2 Å². The fourth-order valence-electron chi connectivity index (χ4n) is 5.01. The molecule has 1 aliphatic carbocycles. The standard InChI is InChI=1S/C26H26N2O2/c1-17(18-9-4-2-5-10-18)27-22-15-20-16-28(26(30)19-11-6-3-7-12-19)23-14-8-13-21(24(20)23)25(22)29/h2-14,17,20,22,25,27,29H,15-16H2,1H3/t17-,20?,22+,25+/m0/s1. The van der Waals surface area contributed by atoms with Gasteiger partial charge in [0.1, 0.15) is 0 Å². The Kier molecular flexibility index (Phi) is 4.89. The SMILES string of the molecule is C[C@H](N[C@@H]1CC2CN(C(=O)c3ccccc3)c3cccc(c32)[C@H]1O)c1ccccc1. The number of amides is 1. The molecule has 0 bridgehead atoms. The molecule has 2 aliphatic rings. The number of carbonyl (C=O) groups is 1. The maximum atomic E-state index is 13.2. The van der Waals surface area contributed by atoms with Crippen molar-refractivity contribution in [2.45, 2.75) is 37.5 Å². The smallest absolute Gasteiger partial charge is 0.258 e. The van der Waals surface area contributed by atoms with Crippen LogP contribution in [0.1, 0.15) is 58.5 Å². The van der Waals surface area contributed by atoms with Crippen LogP contribution < -0.4 is 10.2 Å². The van der Waals surface area contributed by atoms with Gasteiger partial charge >= 0.3 is 0 Å². The number of carbonyl (C=O) groups excluding carboxylic acids is 1. The molecule has 1 heterocycles. The molecule has 1 amide bonds. The number of anilines is 1. The number of nitrogens with one attached hydrogen (secondary N) is 1. The maximum absolute atomic E-state index is 13.2. The summed E-state index contributed by atoms with van der Waals surface area (Å²) in [6.45, 7) is 2.79. The molecule has 1 unspecified atom stereocenters. The van der Waals surface area contributed by atoms with Crippen LogP contribution in [0.15, 0.2) is 78.9 Å². The summed E-state index contributed by atoms with van der Waals surface area (Å²) in [5.74, 6) is 0.253. The average Bonchev–Trinajstić information content (AvgIpc) is 3.17. The lowest BCUT2D eigenvalue weighted by Gasteiger charge is -2.35. The van der Waals surface area contributed by atoms with Gasteiger partial charge in [-0.15, -0.1) is 0 Å². The predicted octanol–water partition coefficient (Wildman–Crippen LogP) is 4.59. The van der Waals surface area contributed by atoms with E-state index in [1.165, 1.54) is 5.56 Å². The minimum atomic E-state index is -0.589. The van der Waals surface area contributed by atoms with E-state index in [1.807, 2.05) is 71.6 Å². The van der Waals surface area contributed by atoms with Crippen LogP contribution in [0.4, 0.5) is 5.69 Å². The van der Waals surface area contributed by atoms with Gasteiger partial charge in [-0.1, -0.05) is 60.7 Å². The zero-order chi connectivity index (χ0) is 20.7. The highest BCUT2D eigenvalue weighted by molar-refractivity contribution is 6.07. The third-order valence-corrected chi connectivity index (χ3v) is 6.49. The van der Waals surface area contributed by atoms with E-state index in [4.69, 9.17) is 0 Å². The van der Waals surface area contributed by atoms with E-state index < -0.39 is 6.10 Å². The summed E-state index contributed by atoms with van der Waals surface area (Å²) in [5.41, 5.74) is 4.93. The van der Waals surface area contributed by atoms with Crippen molar-refractivity contribution in [3.05, 3.63) is 101 Å². The van der Waals surface area contributed by atoms with Crippen LogP contribution in [-0.4, -0.2) is 23.6 Å². The molecule has 0 aromatic heterocycles. The monoisotopic (exact) mass is 398 g/mol. The summed E-state index contributed by atoms with van der Waals surface area (Å²) in [5, 5.41) is 14.8. The number of hydrogen-bond donors (Lipinski definition) is 2. The van der Waals surface area contributed by atoms with Crippen molar-refractivity contribution >= 4 is 11.6 Å². The average molecular weight is 399 g/mol. The molecular formula is C26H26N2O2. The van der Waals surface area contributed by atoms with Crippen molar-refractivity contribution < 1.29 is 9.90 Å². The molecule has 3 aromatic rings. The quantitative estimate of drug-likeness (QED) is 0.676. The van der Waals surface area contributed by atoms with Crippen molar-refractivity contribution in [3.8, 4) is 0 Å². The number of aliphatic hydroxyl groups is 1. The first-order valence-corrected chi connectivity index (χ1v) is 10.6. The first-order chi connectivity index (χ1) is 14.6. The summed E-state index contributed by atoms with van der Waals surface area (Å²) < 4.78 is 0. The van der Waals surface area contributed by atoms with Gasteiger partial charge in [-0.3, -0.25) is 4.79 Å². The first kappa shape index (κ1) is 19.0. The molecular weight excluding hydrogens is 372 g/mol. The molecule has 3 aromatic carbocycles. The van der Waals surface area contributed by atoms with Gasteiger partial charge in [0.05, 0.1) is 6.10 Å². The van der Waals surface area contributed by atoms with Gasteiger partial charge in [-0.25, -0.2) is 0 Å². The Morgan fingerprint density at radius 1 is 1.00 bits per heavy atom. The molecule has 4 nitrogen and oxygen atoms in total. The molecule has 0 radical (unpaired) electrons. The van der Waals surface area contributed by atoms with E-state index in [9.17, 15) is 9.90 Å². The van der Waals surface area contributed by atoms with Crippen LogP contribution in [0.2, 0.25) is 0 Å². The number of rotatable bonds is 4. The third kappa shape index (κ3) is 3.22. The van der Waals surface area contributed by atoms with Crippen molar-refractivity contribution in [2.75, 3.05) is 11.4 Å². The summed E-state index contributed by atoms with van der Waals surface area (Å²) in [7, 11) is 0. The van der Waals surface area contributed by atoms with Gasteiger partial charge in [0.25, 0.3) is 5.91 Å². The molecule has 0 spiro atoms. The number of aliphatic hydroxyl groups excluding tert-OH is 1. The van der Waals surface area contributed by atoms with Crippen molar-refractivity contribution in [2.24, 2.45) is 0 Å². The topological polar surface area (TPSA) is 52.6 Å². The normalized spacial score (nSPS) is 23.1. The zero-order valence-corrected chi connectivity index (χ0v) is 17.0. The molecule has 2 N–H and O–H groups in total. The van der Waals surface area contributed by atoms with Gasteiger partial charge in [0.15, 0.2) is 0 Å².